The summed E-state index contributed by atoms with van der Waals surface area (Å²) in [5.74, 6) is -1.61. The van der Waals surface area contributed by atoms with Crippen molar-refractivity contribution < 1.29 is 8.78 Å². The second-order valence-electron chi connectivity index (χ2n) is 4.30. The predicted molar refractivity (Wildman–Crippen MR) is 70.6 cm³/mol. The molecule has 1 unspecified atom stereocenters. The number of benzene rings is 1. The molecule has 1 heterocycles. The van der Waals surface area contributed by atoms with Gasteiger partial charge in [-0.1, -0.05) is 12.1 Å². The van der Waals surface area contributed by atoms with E-state index in [4.69, 9.17) is 0 Å². The lowest BCUT2D eigenvalue weighted by atomic mass is 10.1. The number of nitrogens with one attached hydrogen (secondary N) is 1. The molecule has 0 fully saturated rings. The number of hydrogen-bond acceptors (Lipinski definition) is 2. The molecule has 96 valence electrons. The molecule has 2 aromatic rings. The van der Waals surface area contributed by atoms with Gasteiger partial charge >= 0.3 is 0 Å². The molecule has 0 aliphatic carbocycles. The van der Waals surface area contributed by atoms with Crippen LogP contribution in [-0.4, -0.2) is 0 Å². The first-order valence-electron chi connectivity index (χ1n) is 5.82. The molecule has 1 N–H and O–H groups in total. The van der Waals surface area contributed by atoms with Crippen LogP contribution in [0.2, 0.25) is 0 Å². The van der Waals surface area contributed by atoms with Gasteiger partial charge in [-0.3, -0.25) is 0 Å². The van der Waals surface area contributed by atoms with Crippen LogP contribution in [-0.2, 0) is 0 Å². The Bertz CT molecular complexity index is 511. The van der Waals surface area contributed by atoms with Crippen molar-refractivity contribution in [3.05, 3.63) is 57.8 Å². The second kappa shape index (κ2) is 5.59. The van der Waals surface area contributed by atoms with E-state index in [0.717, 1.165) is 5.56 Å². The predicted octanol–water partition coefficient (Wildman–Crippen LogP) is 4.44. The summed E-state index contributed by atoms with van der Waals surface area (Å²) >= 11 is 1.68. The minimum absolute atomic E-state index is 0.0304. The summed E-state index contributed by atoms with van der Waals surface area (Å²) < 4.78 is 26.0. The Hall–Kier alpha value is -1.26. The molecule has 0 aliphatic rings. The normalized spacial score (nSPS) is 14.4. The Morgan fingerprint density at radius 2 is 1.83 bits per heavy atom. The first-order chi connectivity index (χ1) is 8.58. The molecule has 1 nitrogen and oxygen atoms in total. The van der Waals surface area contributed by atoms with Gasteiger partial charge in [0.25, 0.3) is 0 Å². The fraction of sp³-hybridized carbons (Fsp3) is 0.286. The van der Waals surface area contributed by atoms with Crippen molar-refractivity contribution >= 4 is 11.3 Å². The highest BCUT2D eigenvalue weighted by Gasteiger charge is 2.13. The zero-order valence-electron chi connectivity index (χ0n) is 10.3. The molecule has 0 bridgehead atoms. The van der Waals surface area contributed by atoms with Gasteiger partial charge in [0.05, 0.1) is 0 Å². The van der Waals surface area contributed by atoms with Crippen molar-refractivity contribution in [1.29, 1.82) is 0 Å². The molecular weight excluding hydrogens is 252 g/mol. The lowest BCUT2D eigenvalue weighted by molar-refractivity contribution is 0.483. The zero-order chi connectivity index (χ0) is 13.1. The first-order valence-corrected chi connectivity index (χ1v) is 6.70. The molecule has 1 aromatic carbocycles. The van der Waals surface area contributed by atoms with Crippen LogP contribution in [0.25, 0.3) is 0 Å². The molecule has 0 amide bonds. The topological polar surface area (TPSA) is 12.0 Å². The fourth-order valence-corrected chi connectivity index (χ4v) is 2.62. The average molecular weight is 267 g/mol. The maximum absolute atomic E-state index is 13.1. The van der Waals surface area contributed by atoms with Gasteiger partial charge < -0.3 is 5.32 Å². The fourth-order valence-electron chi connectivity index (χ4n) is 1.87. The minimum atomic E-state index is -0.808. The number of thiophene rings is 1. The highest BCUT2D eigenvalue weighted by Crippen LogP contribution is 2.23. The molecule has 0 saturated heterocycles. The molecule has 0 radical (unpaired) electrons. The van der Waals surface area contributed by atoms with Gasteiger partial charge in [0.15, 0.2) is 11.6 Å². The van der Waals surface area contributed by atoms with Gasteiger partial charge in [0.1, 0.15) is 0 Å². The monoisotopic (exact) mass is 267 g/mol. The summed E-state index contributed by atoms with van der Waals surface area (Å²) in [4.78, 5) is 1.23. The van der Waals surface area contributed by atoms with Crippen LogP contribution in [0.5, 0.6) is 0 Å². The van der Waals surface area contributed by atoms with E-state index >= 15 is 0 Å². The van der Waals surface area contributed by atoms with E-state index in [1.54, 1.807) is 17.4 Å². The first kappa shape index (κ1) is 13.2. The Balaban J connectivity index is 2.07. The van der Waals surface area contributed by atoms with Crippen LogP contribution in [0.4, 0.5) is 8.78 Å². The van der Waals surface area contributed by atoms with E-state index in [-0.39, 0.29) is 12.1 Å². The summed E-state index contributed by atoms with van der Waals surface area (Å²) in [7, 11) is 0. The van der Waals surface area contributed by atoms with E-state index in [9.17, 15) is 8.78 Å². The lowest BCUT2D eigenvalue weighted by Crippen LogP contribution is -2.21. The van der Waals surface area contributed by atoms with Crippen LogP contribution < -0.4 is 5.32 Å². The molecule has 1 aromatic heterocycles. The summed E-state index contributed by atoms with van der Waals surface area (Å²) in [6, 6.07) is 8.23. The van der Waals surface area contributed by atoms with E-state index in [2.05, 4.69) is 18.3 Å². The third-order valence-corrected chi connectivity index (χ3v) is 3.97. The summed E-state index contributed by atoms with van der Waals surface area (Å²) in [6.45, 7) is 4.00. The third kappa shape index (κ3) is 2.94. The van der Waals surface area contributed by atoms with E-state index in [0.29, 0.717) is 0 Å². The quantitative estimate of drug-likeness (QED) is 0.863. The third-order valence-electron chi connectivity index (χ3n) is 2.91. The molecule has 18 heavy (non-hydrogen) atoms. The van der Waals surface area contributed by atoms with E-state index in [1.807, 2.05) is 18.4 Å². The number of hydrogen-bond donors (Lipinski definition) is 1. The summed E-state index contributed by atoms with van der Waals surface area (Å²) in [6.07, 6.45) is 0. The maximum atomic E-state index is 13.1. The van der Waals surface area contributed by atoms with Crippen LogP contribution in [0.15, 0.2) is 35.7 Å². The van der Waals surface area contributed by atoms with Gasteiger partial charge in [0, 0.05) is 17.0 Å². The molecule has 2 atom stereocenters. The van der Waals surface area contributed by atoms with E-state index < -0.39 is 11.6 Å². The standard InChI is InChI=1S/C14H15F2NS/c1-9(11-5-6-12(15)13(16)8-11)17-10(2)14-4-3-7-18-14/h3-10,17H,1-2H3/t9?,10-/m0/s1. The smallest absolute Gasteiger partial charge is 0.159 e. The SMILES string of the molecule is CC(N[C@@H](C)c1cccs1)c1ccc(F)c(F)c1. The molecule has 0 saturated carbocycles. The summed E-state index contributed by atoms with van der Waals surface area (Å²) in [5.41, 5.74) is 0.748. The average Bonchev–Trinajstić information content (AvgIpc) is 2.86. The highest BCUT2D eigenvalue weighted by molar-refractivity contribution is 7.10. The van der Waals surface area contributed by atoms with Crippen molar-refractivity contribution in [2.75, 3.05) is 0 Å². The largest absolute Gasteiger partial charge is 0.303 e. The summed E-state index contributed by atoms with van der Waals surface area (Å²) in [5, 5.41) is 5.39. The van der Waals surface area contributed by atoms with Gasteiger partial charge in [0.2, 0.25) is 0 Å². The number of rotatable bonds is 4. The number of halogens is 2. The Morgan fingerprint density at radius 3 is 2.44 bits per heavy atom. The molecule has 2 rings (SSSR count). The molecule has 4 heteroatoms. The molecule has 0 aliphatic heterocycles. The Labute approximate surface area is 109 Å². The molecule has 0 spiro atoms. The van der Waals surface area contributed by atoms with Crippen molar-refractivity contribution in [3.63, 3.8) is 0 Å². The van der Waals surface area contributed by atoms with Gasteiger partial charge in [-0.2, -0.15) is 0 Å². The minimum Gasteiger partial charge on any atom is -0.303 e. The van der Waals surface area contributed by atoms with Crippen molar-refractivity contribution in [1.82, 2.24) is 5.32 Å². The zero-order valence-corrected chi connectivity index (χ0v) is 11.1. The Morgan fingerprint density at radius 1 is 1.06 bits per heavy atom. The van der Waals surface area contributed by atoms with Gasteiger partial charge in [-0.15, -0.1) is 11.3 Å². The second-order valence-corrected chi connectivity index (χ2v) is 5.28. The maximum Gasteiger partial charge on any atom is 0.159 e. The van der Waals surface area contributed by atoms with Gasteiger partial charge in [-0.25, -0.2) is 8.78 Å². The molecular formula is C14H15F2NS. The van der Waals surface area contributed by atoms with Crippen molar-refractivity contribution in [2.24, 2.45) is 0 Å². The van der Waals surface area contributed by atoms with E-state index in [1.165, 1.54) is 17.0 Å². The Kier molecular flexibility index (Phi) is 4.09. The van der Waals surface area contributed by atoms with Crippen molar-refractivity contribution in [3.8, 4) is 0 Å². The van der Waals surface area contributed by atoms with Crippen molar-refractivity contribution in [2.45, 2.75) is 25.9 Å². The van der Waals surface area contributed by atoms with Crippen LogP contribution in [0, 0.1) is 11.6 Å². The van der Waals surface area contributed by atoms with Crippen LogP contribution in [0.1, 0.15) is 36.4 Å². The van der Waals surface area contributed by atoms with Crippen LogP contribution >= 0.6 is 11.3 Å². The van der Waals surface area contributed by atoms with Crippen LogP contribution in [0.3, 0.4) is 0 Å². The lowest BCUT2D eigenvalue weighted by Gasteiger charge is -2.19. The van der Waals surface area contributed by atoms with Gasteiger partial charge in [-0.05, 0) is 43.0 Å². The highest BCUT2D eigenvalue weighted by atomic mass is 32.1.